The van der Waals surface area contributed by atoms with E-state index in [0.29, 0.717) is 19.5 Å². The standard InChI is InChI=1S/C26H31F4N3O6/c1-14-11-31-24(36)19(14)9-20(21(34)10-27)32-25(37)23-18-4-2-3-15(18)12-33(23)22(35)13-38-16-5-7-17(8-6-16)39-26(28,29)30/h5-8,14-15,18-20,23H,2-4,9-13H2,1H3,(H,31,36)(H,32,37)/t14?,15-,18-,19+,20-,23-/m0/s1. The second-order valence-corrected chi connectivity index (χ2v) is 10.4. The maximum atomic E-state index is 13.5. The van der Waals surface area contributed by atoms with Crippen LogP contribution >= 0.6 is 0 Å². The Morgan fingerprint density at radius 2 is 1.85 bits per heavy atom. The average molecular weight is 558 g/mol. The molecule has 2 N–H and O–H groups in total. The fourth-order valence-corrected chi connectivity index (χ4v) is 5.87. The molecule has 0 radical (unpaired) electrons. The Hall–Kier alpha value is -3.38. The molecule has 0 spiro atoms. The number of hydrogen-bond donors (Lipinski definition) is 2. The van der Waals surface area contributed by atoms with Crippen LogP contribution in [0, 0.1) is 23.7 Å². The number of carbonyl (C=O) groups excluding carboxylic acids is 4. The molecular weight excluding hydrogens is 526 g/mol. The fourth-order valence-electron chi connectivity index (χ4n) is 5.87. The van der Waals surface area contributed by atoms with Gasteiger partial charge in [-0.2, -0.15) is 0 Å². The zero-order chi connectivity index (χ0) is 28.3. The molecule has 2 saturated heterocycles. The molecule has 0 bridgehead atoms. The third-order valence-corrected chi connectivity index (χ3v) is 7.85. The SMILES string of the molecule is CC1CNC(=O)[C@@H]1C[C@H](NC(=O)[C@@H]1[C@H]2CCC[C@H]2CN1C(=O)COc1ccc(OC(F)(F)F)cc1)C(=O)CF. The first-order valence-corrected chi connectivity index (χ1v) is 12.9. The van der Waals surface area contributed by atoms with Crippen LogP contribution < -0.4 is 20.1 Å². The van der Waals surface area contributed by atoms with Gasteiger partial charge in [-0.25, -0.2) is 4.39 Å². The number of alkyl halides is 4. The summed E-state index contributed by atoms with van der Waals surface area (Å²) >= 11 is 0. The van der Waals surface area contributed by atoms with Gasteiger partial charge in [-0.15, -0.1) is 13.2 Å². The molecule has 39 heavy (non-hydrogen) atoms. The van der Waals surface area contributed by atoms with Crippen molar-refractivity contribution in [3.8, 4) is 11.5 Å². The molecule has 9 nitrogen and oxygen atoms in total. The van der Waals surface area contributed by atoms with Crippen LogP contribution in [0.15, 0.2) is 24.3 Å². The number of nitrogens with one attached hydrogen (secondary N) is 2. The van der Waals surface area contributed by atoms with Gasteiger partial charge in [-0.3, -0.25) is 19.2 Å². The lowest BCUT2D eigenvalue weighted by atomic mass is 9.88. The average Bonchev–Trinajstić information content (AvgIpc) is 3.57. The normalized spacial score (nSPS) is 27.1. The Morgan fingerprint density at radius 1 is 1.15 bits per heavy atom. The first kappa shape index (κ1) is 28.6. The molecule has 1 aromatic carbocycles. The molecule has 1 saturated carbocycles. The number of Topliss-reactive ketones (excluding diaryl/α,β-unsaturated/α-hetero) is 1. The Kier molecular flexibility index (Phi) is 8.65. The third-order valence-electron chi connectivity index (χ3n) is 7.85. The number of fused-ring (bicyclic) bond motifs is 1. The lowest BCUT2D eigenvalue weighted by molar-refractivity contribution is -0.274. The smallest absolute Gasteiger partial charge is 0.484 e. The number of benzene rings is 1. The van der Waals surface area contributed by atoms with Crippen molar-refractivity contribution in [3.63, 3.8) is 0 Å². The van der Waals surface area contributed by atoms with E-state index in [9.17, 15) is 36.7 Å². The van der Waals surface area contributed by atoms with Crippen LogP contribution in [0.4, 0.5) is 17.6 Å². The maximum absolute atomic E-state index is 13.5. The quantitative estimate of drug-likeness (QED) is 0.427. The zero-order valence-corrected chi connectivity index (χ0v) is 21.3. The van der Waals surface area contributed by atoms with Crippen LogP contribution in [0.5, 0.6) is 11.5 Å². The molecule has 214 valence electrons. The molecule has 13 heteroatoms. The van der Waals surface area contributed by atoms with E-state index in [1.807, 2.05) is 6.92 Å². The van der Waals surface area contributed by atoms with E-state index < -0.39 is 61.0 Å². The minimum atomic E-state index is -4.84. The predicted molar refractivity (Wildman–Crippen MR) is 128 cm³/mol. The highest BCUT2D eigenvalue weighted by Crippen LogP contribution is 2.42. The number of nitrogens with zero attached hydrogens (tertiary/aromatic N) is 1. The number of ketones is 1. The van der Waals surface area contributed by atoms with Crippen LogP contribution in [0.2, 0.25) is 0 Å². The van der Waals surface area contributed by atoms with Gasteiger partial charge in [0.25, 0.3) is 5.91 Å². The van der Waals surface area contributed by atoms with E-state index in [1.165, 1.54) is 17.0 Å². The topological polar surface area (TPSA) is 114 Å². The van der Waals surface area contributed by atoms with E-state index in [4.69, 9.17) is 4.74 Å². The van der Waals surface area contributed by atoms with Crippen molar-refractivity contribution >= 4 is 23.5 Å². The van der Waals surface area contributed by atoms with Crippen molar-refractivity contribution in [2.24, 2.45) is 23.7 Å². The van der Waals surface area contributed by atoms with Gasteiger partial charge in [0.2, 0.25) is 11.8 Å². The van der Waals surface area contributed by atoms with Crippen molar-refractivity contribution in [1.82, 2.24) is 15.5 Å². The van der Waals surface area contributed by atoms with Crippen molar-refractivity contribution in [2.45, 2.75) is 51.1 Å². The van der Waals surface area contributed by atoms with Crippen molar-refractivity contribution in [2.75, 3.05) is 26.4 Å². The Labute approximate surface area is 222 Å². The number of halogens is 4. The number of hydrogen-bond acceptors (Lipinski definition) is 6. The van der Waals surface area contributed by atoms with Gasteiger partial charge >= 0.3 is 6.36 Å². The first-order chi connectivity index (χ1) is 18.5. The predicted octanol–water partition coefficient (Wildman–Crippen LogP) is 2.39. The van der Waals surface area contributed by atoms with Crippen LogP contribution in [0.3, 0.4) is 0 Å². The summed E-state index contributed by atoms with van der Waals surface area (Å²) in [5, 5.41) is 5.33. The largest absolute Gasteiger partial charge is 0.573 e. The summed E-state index contributed by atoms with van der Waals surface area (Å²) in [5.74, 6) is -3.16. The van der Waals surface area contributed by atoms with E-state index in [-0.39, 0.29) is 35.8 Å². The molecule has 3 amide bonds. The Morgan fingerprint density at radius 3 is 2.46 bits per heavy atom. The van der Waals surface area contributed by atoms with Gasteiger partial charge in [0.1, 0.15) is 24.2 Å². The monoisotopic (exact) mass is 557 g/mol. The summed E-state index contributed by atoms with van der Waals surface area (Å²) in [6.45, 7) is 0.815. The number of amides is 3. The van der Waals surface area contributed by atoms with E-state index >= 15 is 0 Å². The van der Waals surface area contributed by atoms with Crippen molar-refractivity contribution < 1.29 is 46.2 Å². The zero-order valence-electron chi connectivity index (χ0n) is 21.3. The first-order valence-electron chi connectivity index (χ1n) is 12.9. The minimum absolute atomic E-state index is 0.0343. The van der Waals surface area contributed by atoms with E-state index in [1.54, 1.807) is 0 Å². The molecule has 0 aromatic heterocycles. The second-order valence-electron chi connectivity index (χ2n) is 10.4. The molecule has 1 aliphatic carbocycles. The van der Waals surface area contributed by atoms with Crippen LogP contribution in [0.1, 0.15) is 32.6 Å². The number of carbonyl (C=O) groups is 4. The molecule has 3 fully saturated rings. The molecule has 1 aromatic rings. The summed E-state index contributed by atoms with van der Waals surface area (Å²) in [7, 11) is 0. The molecule has 6 atom stereocenters. The summed E-state index contributed by atoms with van der Waals surface area (Å²) in [4.78, 5) is 52.5. The Bertz CT molecular complexity index is 1080. The lowest BCUT2D eigenvalue weighted by Gasteiger charge is -2.29. The maximum Gasteiger partial charge on any atom is 0.573 e. The number of ether oxygens (including phenoxy) is 2. The summed E-state index contributed by atoms with van der Waals surface area (Å²) < 4.78 is 59.7. The Balaban J connectivity index is 1.42. The van der Waals surface area contributed by atoms with Gasteiger partial charge in [-0.1, -0.05) is 13.3 Å². The third kappa shape index (κ3) is 6.80. The molecule has 3 aliphatic rings. The number of rotatable bonds is 10. The van der Waals surface area contributed by atoms with Gasteiger partial charge in [0.05, 0.1) is 6.04 Å². The summed E-state index contributed by atoms with van der Waals surface area (Å²) in [6, 6.07) is 2.47. The van der Waals surface area contributed by atoms with Crippen LogP contribution in [0.25, 0.3) is 0 Å². The summed E-state index contributed by atoms with van der Waals surface area (Å²) in [6.07, 6.45) is -2.45. The van der Waals surface area contributed by atoms with Crippen LogP contribution in [-0.2, 0) is 19.2 Å². The van der Waals surface area contributed by atoms with E-state index in [2.05, 4.69) is 15.4 Å². The van der Waals surface area contributed by atoms with Gasteiger partial charge < -0.3 is 25.0 Å². The summed E-state index contributed by atoms with van der Waals surface area (Å²) in [5.41, 5.74) is 0. The van der Waals surface area contributed by atoms with Crippen LogP contribution in [-0.4, -0.2) is 73.2 Å². The molecule has 1 unspecified atom stereocenters. The lowest BCUT2D eigenvalue weighted by Crippen LogP contribution is -2.54. The molecule has 4 rings (SSSR count). The van der Waals surface area contributed by atoms with Crippen molar-refractivity contribution in [3.05, 3.63) is 24.3 Å². The van der Waals surface area contributed by atoms with Gasteiger partial charge in [-0.05, 0) is 61.3 Å². The molecular formula is C26H31F4N3O6. The van der Waals surface area contributed by atoms with Crippen molar-refractivity contribution in [1.29, 1.82) is 0 Å². The second kappa shape index (κ2) is 11.8. The van der Waals surface area contributed by atoms with E-state index in [0.717, 1.165) is 25.0 Å². The molecule has 2 heterocycles. The minimum Gasteiger partial charge on any atom is -0.484 e. The number of likely N-dealkylation sites (tertiary alicyclic amines) is 1. The highest BCUT2D eigenvalue weighted by molar-refractivity contribution is 5.94. The highest BCUT2D eigenvalue weighted by Gasteiger charge is 2.50. The highest BCUT2D eigenvalue weighted by atomic mass is 19.4. The fraction of sp³-hybridized carbons (Fsp3) is 0.615. The van der Waals surface area contributed by atoms with Gasteiger partial charge in [0, 0.05) is 19.0 Å². The van der Waals surface area contributed by atoms with Gasteiger partial charge in [0.15, 0.2) is 12.4 Å². The molecule has 2 aliphatic heterocycles.